The first-order chi connectivity index (χ1) is 14.5. The number of nitrogens with zero attached hydrogens (tertiary/aromatic N) is 4. The summed E-state index contributed by atoms with van der Waals surface area (Å²) in [6.07, 6.45) is 5.12. The molecule has 4 aromatic rings. The van der Waals surface area contributed by atoms with E-state index in [1.165, 1.54) is 0 Å². The molecule has 152 valence electrons. The van der Waals surface area contributed by atoms with Crippen LogP contribution < -0.4 is 21.7 Å². The van der Waals surface area contributed by atoms with Gasteiger partial charge >= 0.3 is 5.69 Å². The fourth-order valence-electron chi connectivity index (χ4n) is 3.00. The van der Waals surface area contributed by atoms with Gasteiger partial charge in [0.15, 0.2) is 17.0 Å². The Labute approximate surface area is 176 Å². The zero-order chi connectivity index (χ0) is 20.8. The van der Waals surface area contributed by atoms with E-state index in [-0.39, 0.29) is 23.3 Å². The van der Waals surface area contributed by atoms with Gasteiger partial charge in [0.25, 0.3) is 0 Å². The SMILES string of the molecule is O=c1[nH]c(O)c(/C=c2/cnn3c(=NC4CC4)cc(Nc4cccc(Br)c4F)nc23)[nH]1. The number of aromatic hydroxyl groups is 1. The number of aromatic amines is 2. The molecule has 1 saturated carbocycles. The summed E-state index contributed by atoms with van der Waals surface area (Å²) in [5, 5.41) is 17.7. The van der Waals surface area contributed by atoms with E-state index in [9.17, 15) is 14.3 Å². The van der Waals surface area contributed by atoms with E-state index < -0.39 is 11.5 Å². The van der Waals surface area contributed by atoms with Crippen LogP contribution in [0.25, 0.3) is 11.7 Å². The third-order valence-electron chi connectivity index (χ3n) is 4.59. The van der Waals surface area contributed by atoms with Gasteiger partial charge < -0.3 is 15.4 Å². The molecule has 3 heterocycles. The molecule has 4 N–H and O–H groups in total. The fraction of sp³-hybridized carbons (Fsp3) is 0.158. The minimum atomic E-state index is -0.528. The molecule has 0 bridgehead atoms. The molecule has 0 spiro atoms. The Morgan fingerprint density at radius 1 is 1.37 bits per heavy atom. The Morgan fingerprint density at radius 3 is 2.93 bits per heavy atom. The van der Waals surface area contributed by atoms with Gasteiger partial charge in [0.2, 0.25) is 5.88 Å². The monoisotopic (exact) mass is 471 g/mol. The molecule has 11 heteroatoms. The number of anilines is 2. The van der Waals surface area contributed by atoms with Gasteiger partial charge in [-0.3, -0.25) is 9.98 Å². The lowest BCUT2D eigenvalue weighted by Gasteiger charge is -2.08. The molecule has 0 radical (unpaired) electrons. The number of imidazole rings is 1. The lowest BCUT2D eigenvalue weighted by atomic mass is 10.3. The molecular formula is C19H15BrFN7O2. The topological polar surface area (TPSA) is 123 Å². The van der Waals surface area contributed by atoms with Gasteiger partial charge in [-0.2, -0.15) is 9.61 Å². The van der Waals surface area contributed by atoms with Crippen LogP contribution in [0.15, 0.2) is 44.7 Å². The number of H-pyrrole nitrogens is 2. The molecule has 0 aliphatic heterocycles. The van der Waals surface area contributed by atoms with Crippen LogP contribution in [0.1, 0.15) is 18.5 Å². The lowest BCUT2D eigenvalue weighted by Crippen LogP contribution is -2.20. The first-order valence-electron chi connectivity index (χ1n) is 9.14. The summed E-state index contributed by atoms with van der Waals surface area (Å²) in [7, 11) is 0. The average molecular weight is 472 g/mol. The molecule has 3 aromatic heterocycles. The Kier molecular flexibility index (Phi) is 4.39. The summed E-state index contributed by atoms with van der Waals surface area (Å²) in [4.78, 5) is 25.4. The highest BCUT2D eigenvalue weighted by molar-refractivity contribution is 9.10. The van der Waals surface area contributed by atoms with E-state index in [2.05, 4.69) is 46.3 Å². The van der Waals surface area contributed by atoms with E-state index in [0.29, 0.717) is 26.6 Å². The molecule has 5 rings (SSSR count). The van der Waals surface area contributed by atoms with Crippen molar-refractivity contribution < 1.29 is 9.50 Å². The number of fused-ring (bicyclic) bond motifs is 1. The Balaban J connectivity index is 1.69. The largest absolute Gasteiger partial charge is 0.493 e. The van der Waals surface area contributed by atoms with Crippen molar-refractivity contribution in [1.82, 2.24) is 24.6 Å². The van der Waals surface area contributed by atoms with E-state index in [1.54, 1.807) is 41.1 Å². The second kappa shape index (κ2) is 7.10. The maximum atomic E-state index is 14.4. The molecule has 0 atom stereocenters. The smallest absolute Gasteiger partial charge is 0.326 e. The van der Waals surface area contributed by atoms with Crippen molar-refractivity contribution in [2.45, 2.75) is 18.9 Å². The quantitative estimate of drug-likeness (QED) is 0.360. The van der Waals surface area contributed by atoms with Crippen LogP contribution in [-0.2, 0) is 0 Å². The van der Waals surface area contributed by atoms with E-state index in [0.717, 1.165) is 12.8 Å². The summed E-state index contributed by atoms with van der Waals surface area (Å²) in [6.45, 7) is 0. The van der Waals surface area contributed by atoms with Crippen LogP contribution in [0, 0.1) is 5.82 Å². The molecule has 9 nitrogen and oxygen atoms in total. The van der Waals surface area contributed by atoms with E-state index in [1.807, 2.05) is 0 Å². The van der Waals surface area contributed by atoms with Crippen molar-refractivity contribution in [3.05, 3.63) is 67.6 Å². The zero-order valence-electron chi connectivity index (χ0n) is 15.4. The fourth-order valence-corrected chi connectivity index (χ4v) is 3.36. The summed E-state index contributed by atoms with van der Waals surface area (Å²) >= 11 is 3.18. The van der Waals surface area contributed by atoms with Crippen molar-refractivity contribution in [2.24, 2.45) is 4.99 Å². The van der Waals surface area contributed by atoms with Crippen molar-refractivity contribution in [1.29, 1.82) is 0 Å². The molecule has 1 aliphatic carbocycles. The van der Waals surface area contributed by atoms with Crippen molar-refractivity contribution in [3.8, 4) is 5.88 Å². The second-order valence-electron chi connectivity index (χ2n) is 6.91. The summed E-state index contributed by atoms with van der Waals surface area (Å²) in [6, 6.07) is 6.87. The van der Waals surface area contributed by atoms with Crippen molar-refractivity contribution in [2.75, 3.05) is 5.32 Å². The number of rotatable bonds is 4. The van der Waals surface area contributed by atoms with Gasteiger partial charge in [-0.25, -0.2) is 14.2 Å². The third kappa shape index (κ3) is 3.47. The molecule has 30 heavy (non-hydrogen) atoms. The minimum Gasteiger partial charge on any atom is -0.493 e. The predicted molar refractivity (Wildman–Crippen MR) is 111 cm³/mol. The van der Waals surface area contributed by atoms with Crippen LogP contribution in [0.3, 0.4) is 0 Å². The summed E-state index contributed by atoms with van der Waals surface area (Å²) in [5.74, 6) is -0.330. The number of nitrogens with one attached hydrogen (secondary N) is 3. The third-order valence-corrected chi connectivity index (χ3v) is 5.20. The first kappa shape index (κ1) is 18.6. The molecule has 1 aliphatic rings. The first-order valence-corrected chi connectivity index (χ1v) is 9.94. The summed E-state index contributed by atoms with van der Waals surface area (Å²) < 4.78 is 16.3. The number of halogens is 2. The number of hydrogen-bond acceptors (Lipinski definition) is 6. The molecule has 0 saturated heterocycles. The Bertz CT molecular complexity index is 1450. The van der Waals surface area contributed by atoms with Crippen LogP contribution in [0.2, 0.25) is 0 Å². The number of benzene rings is 1. The van der Waals surface area contributed by atoms with Crippen LogP contribution >= 0.6 is 15.9 Å². The van der Waals surface area contributed by atoms with Gasteiger partial charge in [0, 0.05) is 11.3 Å². The normalized spacial score (nSPS) is 15.3. The number of aromatic nitrogens is 5. The Morgan fingerprint density at radius 2 is 2.20 bits per heavy atom. The second-order valence-corrected chi connectivity index (χ2v) is 7.76. The standard InChI is InChI=1S/C19H15BrFN7O2/c20-11-2-1-3-12(16(11)21)24-14-7-15(23-10-4-5-10)28-17(26-14)9(8-22-28)6-13-18(29)27-19(30)25-13/h1-3,6-8,10,24,29H,4-5H2,(H2,25,27,30)/b9-6-,23-15?. The van der Waals surface area contributed by atoms with Gasteiger partial charge in [0.1, 0.15) is 11.5 Å². The van der Waals surface area contributed by atoms with Crippen molar-refractivity contribution >= 4 is 39.2 Å². The molecule has 1 aromatic carbocycles. The zero-order valence-corrected chi connectivity index (χ0v) is 16.9. The van der Waals surface area contributed by atoms with E-state index in [4.69, 9.17) is 0 Å². The molecule has 1 fully saturated rings. The highest BCUT2D eigenvalue weighted by Gasteiger charge is 2.20. The maximum Gasteiger partial charge on any atom is 0.326 e. The van der Waals surface area contributed by atoms with Gasteiger partial charge in [-0.05, 0) is 47.0 Å². The highest BCUT2D eigenvalue weighted by Crippen LogP contribution is 2.25. The number of hydrogen-bond donors (Lipinski definition) is 4. The molecule has 0 unspecified atom stereocenters. The van der Waals surface area contributed by atoms with Crippen LogP contribution in [0.4, 0.5) is 15.9 Å². The molecular weight excluding hydrogens is 457 g/mol. The lowest BCUT2D eigenvalue weighted by molar-refractivity contribution is 0.454. The predicted octanol–water partition coefficient (Wildman–Crippen LogP) is 1.71. The summed E-state index contributed by atoms with van der Waals surface area (Å²) in [5.41, 5.74) is 0.952. The van der Waals surface area contributed by atoms with Gasteiger partial charge in [0.05, 0.1) is 22.4 Å². The van der Waals surface area contributed by atoms with E-state index >= 15 is 0 Å². The average Bonchev–Trinajstić information content (AvgIpc) is 3.34. The van der Waals surface area contributed by atoms with Crippen LogP contribution in [-0.4, -0.2) is 35.7 Å². The highest BCUT2D eigenvalue weighted by atomic mass is 79.9. The van der Waals surface area contributed by atoms with Gasteiger partial charge in [-0.15, -0.1) is 0 Å². The maximum absolute atomic E-state index is 14.4. The minimum absolute atomic E-state index is 0.203. The van der Waals surface area contributed by atoms with Crippen molar-refractivity contribution in [3.63, 3.8) is 0 Å². The Hall–Kier alpha value is -3.47. The van der Waals surface area contributed by atoms with Gasteiger partial charge in [-0.1, -0.05) is 6.07 Å². The molecule has 0 amide bonds. The van der Waals surface area contributed by atoms with Crippen LogP contribution in [0.5, 0.6) is 5.88 Å².